The van der Waals surface area contributed by atoms with E-state index in [1.807, 2.05) is 6.08 Å². The molecule has 0 aromatic rings. The quantitative estimate of drug-likeness (QED) is 0.0195. The molecule has 11 nitrogen and oxygen atoms in total. The minimum Gasteiger partial charge on any atom is -0.454 e. The summed E-state index contributed by atoms with van der Waals surface area (Å²) in [5, 5.41) is 57.4. The highest BCUT2D eigenvalue weighted by atomic mass is 16.7. The van der Waals surface area contributed by atoms with Crippen LogP contribution < -0.4 is 5.32 Å². The number of esters is 1. The van der Waals surface area contributed by atoms with Crippen LogP contribution in [-0.4, -0.2) is 99.6 Å². The molecule has 6 N–H and O–H groups in total. The fourth-order valence-electron chi connectivity index (χ4n) is 12.8. The van der Waals surface area contributed by atoms with Crippen molar-refractivity contribution >= 4 is 11.9 Å². The Morgan fingerprint density at radius 1 is 0.415 bits per heavy atom. The summed E-state index contributed by atoms with van der Waals surface area (Å²) >= 11 is 0. The lowest BCUT2D eigenvalue weighted by molar-refractivity contribution is -0.305. The lowest BCUT2D eigenvalue weighted by Gasteiger charge is -2.41. The van der Waals surface area contributed by atoms with Gasteiger partial charge in [-0.2, -0.15) is 0 Å². The Morgan fingerprint density at radius 3 is 1.12 bits per heavy atom. The smallest absolute Gasteiger partial charge is 0.306 e. The van der Waals surface area contributed by atoms with Crippen LogP contribution in [0.3, 0.4) is 0 Å². The molecule has 1 aliphatic heterocycles. The molecular weight excluding hydrogens is 1170 g/mol. The SMILES string of the molecule is CCCCC/C=C\C/C=C\C/C=C\C/C=C\CCCCCCCCCCCCC(O)C(=O)NC(COC1OC(CO)C(O)C(O)C1OC(=O)CCCCCCCCCCCCCCCCCCCCCCCCCCCCC)C(O)/C=C/CCCCCCCCCCCC. The van der Waals surface area contributed by atoms with Crippen molar-refractivity contribution in [3.63, 3.8) is 0 Å². The van der Waals surface area contributed by atoms with Crippen molar-refractivity contribution in [1.82, 2.24) is 5.32 Å². The fraction of sp³-hybridized carbons (Fsp3) is 0.855. The summed E-state index contributed by atoms with van der Waals surface area (Å²) in [4.78, 5) is 26.8. The summed E-state index contributed by atoms with van der Waals surface area (Å²) in [6.07, 6.45) is 81.4. The molecule has 0 radical (unpaired) electrons. The molecule has 0 saturated carbocycles. The van der Waals surface area contributed by atoms with Gasteiger partial charge in [0.1, 0.15) is 24.4 Å². The van der Waals surface area contributed by atoms with Gasteiger partial charge in [0.15, 0.2) is 12.4 Å². The third-order valence-corrected chi connectivity index (χ3v) is 19.2. The summed E-state index contributed by atoms with van der Waals surface area (Å²) < 4.78 is 17.8. The summed E-state index contributed by atoms with van der Waals surface area (Å²) in [5.74, 6) is -1.18. The zero-order valence-corrected chi connectivity index (χ0v) is 61.6. The van der Waals surface area contributed by atoms with Crippen molar-refractivity contribution in [3.05, 3.63) is 60.8 Å². The number of aliphatic hydroxyl groups is 5. The number of hydrogen-bond acceptors (Lipinski definition) is 10. The first-order valence-corrected chi connectivity index (χ1v) is 40.6. The van der Waals surface area contributed by atoms with Gasteiger partial charge in [-0.05, 0) is 70.6 Å². The minimum absolute atomic E-state index is 0.128. The maximum Gasteiger partial charge on any atom is 0.306 e. The van der Waals surface area contributed by atoms with Crippen molar-refractivity contribution in [2.24, 2.45) is 0 Å². The number of unbranched alkanes of at least 4 members (excludes halogenated alkanes) is 49. The Balaban J connectivity index is 2.48. The molecule has 0 spiro atoms. The number of carbonyl (C=O) groups excluding carboxylic acids is 2. The molecule has 0 bridgehead atoms. The van der Waals surface area contributed by atoms with E-state index in [0.29, 0.717) is 12.8 Å². The minimum atomic E-state index is -1.61. The van der Waals surface area contributed by atoms with Crippen LogP contribution in [0.2, 0.25) is 0 Å². The number of rotatable bonds is 71. The molecule has 11 heteroatoms. The van der Waals surface area contributed by atoms with Gasteiger partial charge < -0.3 is 45.1 Å². The van der Waals surface area contributed by atoms with Crippen LogP contribution in [0.15, 0.2) is 60.8 Å². The molecule has 1 fully saturated rings. The molecule has 0 aliphatic carbocycles. The normalized spacial score (nSPS) is 18.1. The third kappa shape index (κ3) is 56.3. The average molecular weight is 1330 g/mol. The lowest BCUT2D eigenvalue weighted by Crippen LogP contribution is -2.61. The zero-order valence-electron chi connectivity index (χ0n) is 61.6. The Kier molecular flexibility index (Phi) is 66.8. The second-order valence-electron chi connectivity index (χ2n) is 28.2. The fourth-order valence-corrected chi connectivity index (χ4v) is 12.8. The second kappa shape index (κ2) is 70.2. The van der Waals surface area contributed by atoms with Gasteiger partial charge in [0.05, 0.1) is 25.4 Å². The number of carbonyl (C=O) groups is 2. The Bertz CT molecular complexity index is 1770. The van der Waals surface area contributed by atoms with Crippen molar-refractivity contribution in [1.29, 1.82) is 0 Å². The van der Waals surface area contributed by atoms with Gasteiger partial charge in [-0.15, -0.1) is 0 Å². The van der Waals surface area contributed by atoms with Crippen LogP contribution in [0.4, 0.5) is 0 Å². The van der Waals surface area contributed by atoms with Crippen LogP contribution in [-0.2, 0) is 23.8 Å². The van der Waals surface area contributed by atoms with E-state index in [0.717, 1.165) is 83.5 Å². The van der Waals surface area contributed by atoms with E-state index in [-0.39, 0.29) is 19.4 Å². The molecule has 0 aromatic carbocycles. The van der Waals surface area contributed by atoms with Crippen LogP contribution in [0.1, 0.15) is 393 Å². The van der Waals surface area contributed by atoms with Crippen LogP contribution in [0.25, 0.3) is 0 Å². The Labute approximate surface area is 579 Å². The van der Waals surface area contributed by atoms with E-state index in [1.54, 1.807) is 6.08 Å². The maximum absolute atomic E-state index is 13.5. The first-order chi connectivity index (χ1) is 46.2. The summed E-state index contributed by atoms with van der Waals surface area (Å²) in [6, 6.07) is -1.03. The molecule has 8 atom stereocenters. The lowest BCUT2D eigenvalue weighted by atomic mass is 9.99. The molecule has 1 heterocycles. The predicted octanol–water partition coefficient (Wildman–Crippen LogP) is 22.0. The van der Waals surface area contributed by atoms with E-state index in [1.165, 1.54) is 263 Å². The highest BCUT2D eigenvalue weighted by Gasteiger charge is 2.47. The van der Waals surface area contributed by atoms with Gasteiger partial charge in [0.25, 0.3) is 0 Å². The van der Waals surface area contributed by atoms with Gasteiger partial charge in [-0.3, -0.25) is 9.59 Å². The number of aliphatic hydroxyl groups excluding tert-OH is 5. The second-order valence-corrected chi connectivity index (χ2v) is 28.2. The van der Waals surface area contributed by atoms with Crippen LogP contribution in [0, 0.1) is 0 Å². The van der Waals surface area contributed by atoms with Crippen molar-refractivity contribution < 1.29 is 49.3 Å². The molecule has 8 unspecified atom stereocenters. The van der Waals surface area contributed by atoms with E-state index < -0.39 is 67.4 Å². The van der Waals surface area contributed by atoms with Crippen molar-refractivity contribution in [2.45, 2.75) is 442 Å². The van der Waals surface area contributed by atoms with Gasteiger partial charge >= 0.3 is 5.97 Å². The van der Waals surface area contributed by atoms with Crippen molar-refractivity contribution in [3.8, 4) is 0 Å². The predicted molar refractivity (Wildman–Crippen MR) is 398 cm³/mol. The maximum atomic E-state index is 13.5. The molecular formula is C83H153NO10. The summed E-state index contributed by atoms with van der Waals surface area (Å²) in [7, 11) is 0. The van der Waals surface area contributed by atoms with E-state index >= 15 is 0 Å². The van der Waals surface area contributed by atoms with E-state index in [4.69, 9.17) is 14.2 Å². The van der Waals surface area contributed by atoms with Gasteiger partial charge in [-0.25, -0.2) is 0 Å². The highest BCUT2D eigenvalue weighted by Crippen LogP contribution is 2.27. The molecule has 94 heavy (non-hydrogen) atoms. The first kappa shape index (κ1) is 89.4. The highest BCUT2D eigenvalue weighted by molar-refractivity contribution is 5.80. The summed E-state index contributed by atoms with van der Waals surface area (Å²) in [5.41, 5.74) is 0. The van der Waals surface area contributed by atoms with Crippen molar-refractivity contribution in [2.75, 3.05) is 13.2 Å². The molecule has 1 amide bonds. The topological polar surface area (TPSA) is 175 Å². The van der Waals surface area contributed by atoms with Gasteiger partial charge in [0, 0.05) is 6.42 Å². The van der Waals surface area contributed by atoms with Crippen LogP contribution >= 0.6 is 0 Å². The monoisotopic (exact) mass is 1320 g/mol. The number of amides is 1. The number of allylic oxidation sites excluding steroid dienone is 9. The van der Waals surface area contributed by atoms with Gasteiger partial charge in [0.2, 0.25) is 5.91 Å². The zero-order chi connectivity index (χ0) is 68.1. The number of ether oxygens (including phenoxy) is 3. The molecule has 1 rings (SSSR count). The number of nitrogens with one attached hydrogen (secondary N) is 1. The Hall–Kier alpha value is -2.64. The number of hydrogen-bond donors (Lipinski definition) is 6. The first-order valence-electron chi connectivity index (χ1n) is 40.6. The van der Waals surface area contributed by atoms with Gasteiger partial charge in [-0.1, -0.05) is 377 Å². The molecule has 1 aliphatic rings. The van der Waals surface area contributed by atoms with E-state index in [2.05, 4.69) is 74.7 Å². The summed E-state index contributed by atoms with van der Waals surface area (Å²) in [6.45, 7) is 5.83. The molecule has 550 valence electrons. The molecule has 0 aromatic heterocycles. The largest absolute Gasteiger partial charge is 0.454 e. The standard InChI is InChI=1S/C83H153NO10/c1-4-7-10-13-16-19-22-25-27-29-31-33-35-37-39-41-43-45-47-49-51-53-56-59-62-65-68-71-78(88)94-81-80(90)79(89)77(72-85)93-83(81)92-73-74(75(86)69-66-63-60-57-54-24-21-18-15-12-9-6-3)84-82(91)76(87)70-67-64-61-58-55-52-50-48-46-44-42-40-38-36-34-32-30-28-26-23-20-17-14-11-8-5-2/h17,20,26,28,32,34,38,40,66,69,74-77,79-81,83,85-87,89-90H,4-16,18-19,21-25,27,29-31,33,35-37,39,41-65,67-68,70-73H2,1-3H3,(H,84,91)/b20-17-,28-26-,34-32-,40-38-,69-66+. The van der Waals surface area contributed by atoms with E-state index in [9.17, 15) is 35.1 Å². The van der Waals surface area contributed by atoms with Crippen LogP contribution in [0.5, 0.6) is 0 Å². The molecule has 1 saturated heterocycles. The average Bonchev–Trinajstić information content (AvgIpc) is 0.828. The Morgan fingerprint density at radius 2 is 0.734 bits per heavy atom. The third-order valence-electron chi connectivity index (χ3n) is 19.2.